The van der Waals surface area contributed by atoms with Crippen LogP contribution in [0.5, 0.6) is 17.2 Å². The van der Waals surface area contributed by atoms with E-state index in [0.717, 1.165) is 41.1 Å². The van der Waals surface area contributed by atoms with Gasteiger partial charge in [-0.15, -0.1) is 11.3 Å². The highest BCUT2D eigenvalue weighted by Gasteiger charge is 2.33. The van der Waals surface area contributed by atoms with Gasteiger partial charge >= 0.3 is 0 Å². The number of fused-ring (bicyclic) bond motifs is 1. The van der Waals surface area contributed by atoms with Crippen molar-refractivity contribution in [2.24, 2.45) is 16.3 Å². The fraction of sp³-hybridized carbons (Fsp3) is 0.379. The van der Waals surface area contributed by atoms with E-state index in [0.29, 0.717) is 28.7 Å². The number of thiophene rings is 1. The van der Waals surface area contributed by atoms with Crippen LogP contribution in [0, 0.1) is 11.3 Å². The van der Waals surface area contributed by atoms with Crippen LogP contribution in [0.1, 0.15) is 53.6 Å². The van der Waals surface area contributed by atoms with Gasteiger partial charge in [0, 0.05) is 17.2 Å². The predicted octanol–water partition coefficient (Wildman–Crippen LogP) is 6.93. The molecule has 0 fully saturated rings. The average Bonchev–Trinajstić information content (AvgIpc) is 3.25. The van der Waals surface area contributed by atoms with E-state index in [2.05, 4.69) is 26.1 Å². The molecule has 1 aliphatic carbocycles. The lowest BCUT2D eigenvalue weighted by Crippen LogP contribution is -2.27. The standard InChI is InChI=1S/C29H34N2O4S/c1-29(2,3)19-10-12-22-25(15-19)36-28(30-17-18-8-7-9-20(14-18)33-4)26(22)27(32)31-23-13-11-21(34-5)16-24(23)35-6/h7-9,11,13-14,16-17,19H,10,12,15H2,1-6H3,(H,31,32)/t19-/m1/s1. The minimum Gasteiger partial charge on any atom is -0.497 e. The monoisotopic (exact) mass is 506 g/mol. The van der Waals surface area contributed by atoms with E-state index in [1.54, 1.807) is 57.1 Å². The minimum atomic E-state index is -0.178. The first-order chi connectivity index (χ1) is 17.2. The Kier molecular flexibility index (Phi) is 7.69. The van der Waals surface area contributed by atoms with Gasteiger partial charge in [-0.2, -0.15) is 0 Å². The number of aliphatic imine (C=N–C) groups is 1. The SMILES string of the molecule is COc1cccc(C=Nc2sc3c(c2C(=O)Nc2ccc(OC)cc2OC)CC[C@@H](C(C)(C)C)C3)c1. The Hall–Kier alpha value is -3.32. The second-order valence-electron chi connectivity index (χ2n) is 10.0. The molecule has 6 nitrogen and oxygen atoms in total. The van der Waals surface area contributed by atoms with E-state index in [4.69, 9.17) is 19.2 Å². The molecule has 0 saturated carbocycles. The average molecular weight is 507 g/mol. The summed E-state index contributed by atoms with van der Waals surface area (Å²) in [6, 6.07) is 13.1. The van der Waals surface area contributed by atoms with Crippen molar-refractivity contribution in [3.63, 3.8) is 0 Å². The van der Waals surface area contributed by atoms with E-state index in [1.807, 2.05) is 24.3 Å². The Balaban J connectivity index is 1.71. The van der Waals surface area contributed by atoms with Crippen molar-refractivity contribution >= 4 is 34.1 Å². The maximum atomic E-state index is 13.7. The first-order valence-corrected chi connectivity index (χ1v) is 12.9. The molecule has 1 atom stereocenters. The molecule has 0 bridgehead atoms. The van der Waals surface area contributed by atoms with Crippen LogP contribution in [0.4, 0.5) is 10.7 Å². The van der Waals surface area contributed by atoms with Crippen LogP contribution < -0.4 is 19.5 Å². The first-order valence-electron chi connectivity index (χ1n) is 12.1. The number of hydrogen-bond acceptors (Lipinski definition) is 6. The van der Waals surface area contributed by atoms with Gasteiger partial charge in [0.15, 0.2) is 0 Å². The molecule has 7 heteroatoms. The third-order valence-electron chi connectivity index (χ3n) is 6.78. The molecule has 0 aliphatic heterocycles. The number of ether oxygens (including phenoxy) is 3. The number of carbonyl (C=O) groups is 1. The Morgan fingerprint density at radius 3 is 2.50 bits per heavy atom. The van der Waals surface area contributed by atoms with Crippen LogP contribution in [0.3, 0.4) is 0 Å². The van der Waals surface area contributed by atoms with Gasteiger partial charge in [-0.25, -0.2) is 4.99 Å². The van der Waals surface area contributed by atoms with E-state index < -0.39 is 0 Å². The highest BCUT2D eigenvalue weighted by molar-refractivity contribution is 7.16. The maximum absolute atomic E-state index is 13.7. The number of hydrogen-bond donors (Lipinski definition) is 1. The number of anilines is 1. The molecule has 0 radical (unpaired) electrons. The number of carbonyl (C=O) groups excluding carboxylic acids is 1. The lowest BCUT2D eigenvalue weighted by atomic mass is 9.72. The molecule has 3 aromatic rings. The minimum absolute atomic E-state index is 0.178. The second kappa shape index (κ2) is 10.7. The Labute approximate surface area is 217 Å². The summed E-state index contributed by atoms with van der Waals surface area (Å²) in [6.45, 7) is 6.88. The number of benzene rings is 2. The van der Waals surface area contributed by atoms with Crippen LogP contribution in [-0.4, -0.2) is 33.5 Å². The molecule has 36 heavy (non-hydrogen) atoms. The summed E-state index contributed by atoms with van der Waals surface area (Å²) in [6.07, 6.45) is 4.68. The predicted molar refractivity (Wildman–Crippen MR) is 147 cm³/mol. The fourth-order valence-electron chi connectivity index (χ4n) is 4.58. The first kappa shape index (κ1) is 25.8. The van der Waals surface area contributed by atoms with Crippen molar-refractivity contribution < 1.29 is 19.0 Å². The van der Waals surface area contributed by atoms with Crippen LogP contribution in [0.25, 0.3) is 0 Å². The van der Waals surface area contributed by atoms with Gasteiger partial charge in [0.05, 0.1) is 32.6 Å². The van der Waals surface area contributed by atoms with E-state index >= 15 is 0 Å². The second-order valence-corrected chi connectivity index (χ2v) is 11.1. The summed E-state index contributed by atoms with van der Waals surface area (Å²) in [4.78, 5) is 19.8. The summed E-state index contributed by atoms with van der Waals surface area (Å²) in [7, 11) is 4.82. The number of methoxy groups -OCH3 is 3. The van der Waals surface area contributed by atoms with Crippen LogP contribution in [-0.2, 0) is 12.8 Å². The number of rotatable bonds is 7. The van der Waals surface area contributed by atoms with Crippen LogP contribution in [0.2, 0.25) is 0 Å². The lowest BCUT2D eigenvalue weighted by Gasteiger charge is -2.33. The van der Waals surface area contributed by atoms with Gasteiger partial charge in [0.25, 0.3) is 5.91 Å². The smallest absolute Gasteiger partial charge is 0.259 e. The molecule has 1 heterocycles. The largest absolute Gasteiger partial charge is 0.497 e. The zero-order chi connectivity index (χ0) is 25.9. The normalized spacial score (nSPS) is 15.4. The Bertz CT molecular complexity index is 1270. The Morgan fingerprint density at radius 2 is 1.81 bits per heavy atom. The molecule has 190 valence electrons. The maximum Gasteiger partial charge on any atom is 0.259 e. The summed E-state index contributed by atoms with van der Waals surface area (Å²) < 4.78 is 16.1. The number of nitrogens with one attached hydrogen (secondary N) is 1. The molecule has 0 spiro atoms. The van der Waals surface area contributed by atoms with Crippen molar-refractivity contribution in [2.45, 2.75) is 40.0 Å². The molecule has 1 aromatic heterocycles. The van der Waals surface area contributed by atoms with Crippen molar-refractivity contribution in [3.05, 3.63) is 64.0 Å². The zero-order valence-corrected chi connectivity index (χ0v) is 22.6. The van der Waals surface area contributed by atoms with E-state index in [1.165, 1.54) is 4.88 Å². The highest BCUT2D eigenvalue weighted by atomic mass is 32.1. The highest BCUT2D eigenvalue weighted by Crippen LogP contribution is 2.45. The fourth-order valence-corrected chi connectivity index (χ4v) is 5.85. The van der Waals surface area contributed by atoms with Gasteiger partial charge in [-0.3, -0.25) is 4.79 Å². The van der Waals surface area contributed by atoms with Crippen LogP contribution >= 0.6 is 11.3 Å². The van der Waals surface area contributed by atoms with Gasteiger partial charge in [0.2, 0.25) is 0 Å². The molecule has 0 saturated heterocycles. The quantitative estimate of drug-likeness (QED) is 0.353. The molecule has 4 rings (SSSR count). The molecule has 2 aromatic carbocycles. The third kappa shape index (κ3) is 5.57. The van der Waals surface area contributed by atoms with Crippen molar-refractivity contribution in [1.29, 1.82) is 0 Å². The van der Waals surface area contributed by atoms with E-state index in [9.17, 15) is 4.79 Å². The third-order valence-corrected chi connectivity index (χ3v) is 7.94. The topological polar surface area (TPSA) is 69.2 Å². The number of nitrogens with zero attached hydrogens (tertiary/aromatic N) is 1. The molecular formula is C29H34N2O4S. The van der Waals surface area contributed by atoms with Crippen molar-refractivity contribution in [3.8, 4) is 17.2 Å². The van der Waals surface area contributed by atoms with E-state index in [-0.39, 0.29) is 11.3 Å². The summed E-state index contributed by atoms with van der Waals surface area (Å²) in [5, 5.41) is 3.78. The molecule has 1 aliphatic rings. The van der Waals surface area contributed by atoms with Gasteiger partial charge < -0.3 is 19.5 Å². The van der Waals surface area contributed by atoms with Crippen LogP contribution in [0.15, 0.2) is 47.5 Å². The van der Waals surface area contributed by atoms with Crippen molar-refractivity contribution in [1.82, 2.24) is 0 Å². The van der Waals surface area contributed by atoms with Crippen molar-refractivity contribution in [2.75, 3.05) is 26.6 Å². The number of amides is 1. The summed E-state index contributed by atoms with van der Waals surface area (Å²) in [5.41, 5.74) is 3.48. The molecule has 1 amide bonds. The lowest BCUT2D eigenvalue weighted by molar-refractivity contribution is 0.102. The van der Waals surface area contributed by atoms with Gasteiger partial charge in [-0.1, -0.05) is 32.9 Å². The summed E-state index contributed by atoms with van der Waals surface area (Å²) in [5.74, 6) is 2.36. The Morgan fingerprint density at radius 1 is 1.06 bits per heavy atom. The van der Waals surface area contributed by atoms with Gasteiger partial charge in [-0.05, 0) is 66.0 Å². The molecule has 1 N–H and O–H groups in total. The molecular weight excluding hydrogens is 472 g/mol. The zero-order valence-electron chi connectivity index (χ0n) is 21.8. The molecule has 0 unspecified atom stereocenters. The van der Waals surface area contributed by atoms with Gasteiger partial charge in [0.1, 0.15) is 22.2 Å². The summed E-state index contributed by atoms with van der Waals surface area (Å²) >= 11 is 1.62.